The molecule has 96 valence electrons. The van der Waals surface area contributed by atoms with Gasteiger partial charge in [0, 0.05) is 29.9 Å². The van der Waals surface area contributed by atoms with Crippen LogP contribution in [0.5, 0.6) is 0 Å². The Kier molecular flexibility index (Phi) is 5.56. The summed E-state index contributed by atoms with van der Waals surface area (Å²) in [6, 6.07) is 0. The average Bonchev–Trinajstić information content (AvgIpc) is 2.22. The van der Waals surface area contributed by atoms with Crippen LogP contribution in [-0.4, -0.2) is 16.5 Å². The van der Waals surface area contributed by atoms with Crippen molar-refractivity contribution in [2.75, 3.05) is 6.54 Å². The van der Waals surface area contributed by atoms with Gasteiger partial charge in [0.25, 0.3) is 0 Å². The molecule has 1 aromatic rings. The summed E-state index contributed by atoms with van der Waals surface area (Å²) in [5, 5.41) is 3.45. The molecule has 3 heteroatoms. The number of aromatic nitrogens is 2. The molecule has 1 N–H and O–H groups in total. The number of rotatable bonds is 6. The Morgan fingerprint density at radius 3 is 2.18 bits per heavy atom. The molecular formula is C14H25N3. The van der Waals surface area contributed by atoms with Crippen molar-refractivity contribution in [1.29, 1.82) is 0 Å². The maximum absolute atomic E-state index is 4.57. The molecule has 0 atom stereocenters. The Bertz CT molecular complexity index is 335. The van der Waals surface area contributed by atoms with E-state index >= 15 is 0 Å². The standard InChI is InChI=1S/C14H25N3/c1-6-7-14-16-11(4)13(12(5)17-14)9-15-8-10(2)3/h10,15H,6-9H2,1-5H3. The summed E-state index contributed by atoms with van der Waals surface area (Å²) < 4.78 is 0. The van der Waals surface area contributed by atoms with Gasteiger partial charge in [0.2, 0.25) is 0 Å². The highest BCUT2D eigenvalue weighted by Gasteiger charge is 2.07. The minimum absolute atomic E-state index is 0.677. The third-order valence-corrected chi connectivity index (χ3v) is 2.79. The van der Waals surface area contributed by atoms with Gasteiger partial charge in [0.05, 0.1) is 0 Å². The fourth-order valence-corrected chi connectivity index (χ4v) is 1.89. The molecule has 0 unspecified atom stereocenters. The van der Waals surface area contributed by atoms with E-state index in [0.717, 1.165) is 43.1 Å². The molecule has 0 aliphatic carbocycles. The van der Waals surface area contributed by atoms with Crippen LogP contribution in [0, 0.1) is 19.8 Å². The van der Waals surface area contributed by atoms with Crippen LogP contribution in [0.2, 0.25) is 0 Å². The van der Waals surface area contributed by atoms with Crippen LogP contribution in [-0.2, 0) is 13.0 Å². The van der Waals surface area contributed by atoms with Gasteiger partial charge in [-0.3, -0.25) is 0 Å². The van der Waals surface area contributed by atoms with Crippen molar-refractivity contribution in [3.8, 4) is 0 Å². The van der Waals surface area contributed by atoms with Crippen LogP contribution in [0.3, 0.4) is 0 Å². The van der Waals surface area contributed by atoms with Crippen molar-refractivity contribution in [1.82, 2.24) is 15.3 Å². The van der Waals surface area contributed by atoms with E-state index in [9.17, 15) is 0 Å². The van der Waals surface area contributed by atoms with Crippen LogP contribution in [0.25, 0.3) is 0 Å². The first kappa shape index (κ1) is 14.1. The van der Waals surface area contributed by atoms with Crippen LogP contribution in [0.15, 0.2) is 0 Å². The molecule has 17 heavy (non-hydrogen) atoms. The Hall–Kier alpha value is -0.960. The second kappa shape index (κ2) is 6.70. The summed E-state index contributed by atoms with van der Waals surface area (Å²) in [5.74, 6) is 1.66. The van der Waals surface area contributed by atoms with Gasteiger partial charge in [0.1, 0.15) is 5.82 Å². The molecule has 0 saturated carbocycles. The van der Waals surface area contributed by atoms with Crippen LogP contribution in [0.1, 0.15) is 50.0 Å². The highest BCUT2D eigenvalue weighted by atomic mass is 14.9. The van der Waals surface area contributed by atoms with Crippen molar-refractivity contribution in [3.05, 3.63) is 22.8 Å². The highest BCUT2D eigenvalue weighted by molar-refractivity contribution is 5.24. The van der Waals surface area contributed by atoms with Gasteiger partial charge in [0.15, 0.2) is 0 Å². The van der Waals surface area contributed by atoms with Gasteiger partial charge in [-0.1, -0.05) is 20.8 Å². The molecule has 1 rings (SSSR count). The molecule has 1 aromatic heterocycles. The third-order valence-electron chi connectivity index (χ3n) is 2.79. The molecule has 0 fully saturated rings. The van der Waals surface area contributed by atoms with Crippen molar-refractivity contribution >= 4 is 0 Å². The van der Waals surface area contributed by atoms with Crippen LogP contribution >= 0.6 is 0 Å². The first-order chi connectivity index (χ1) is 8.04. The molecule has 0 saturated heterocycles. The van der Waals surface area contributed by atoms with Crippen molar-refractivity contribution in [2.45, 2.75) is 54.0 Å². The number of hydrogen-bond acceptors (Lipinski definition) is 3. The van der Waals surface area contributed by atoms with Gasteiger partial charge >= 0.3 is 0 Å². The topological polar surface area (TPSA) is 37.8 Å². The quantitative estimate of drug-likeness (QED) is 0.824. The zero-order valence-electron chi connectivity index (χ0n) is 11.8. The summed E-state index contributed by atoms with van der Waals surface area (Å²) in [4.78, 5) is 9.14. The molecule has 0 radical (unpaired) electrons. The predicted octanol–water partition coefficient (Wildman–Crippen LogP) is 2.79. The maximum atomic E-state index is 4.57. The molecule has 0 aliphatic heterocycles. The second-order valence-electron chi connectivity index (χ2n) is 5.06. The molecule has 1 heterocycles. The summed E-state index contributed by atoms with van der Waals surface area (Å²) in [5.41, 5.74) is 3.50. The van der Waals surface area contributed by atoms with Gasteiger partial charge < -0.3 is 5.32 Å². The largest absolute Gasteiger partial charge is 0.312 e. The number of nitrogens with one attached hydrogen (secondary N) is 1. The van der Waals surface area contributed by atoms with Crippen molar-refractivity contribution < 1.29 is 0 Å². The van der Waals surface area contributed by atoms with E-state index in [1.54, 1.807) is 0 Å². The molecule has 0 spiro atoms. The number of nitrogens with zero attached hydrogens (tertiary/aromatic N) is 2. The van der Waals surface area contributed by atoms with Gasteiger partial charge in [-0.05, 0) is 32.7 Å². The summed E-state index contributed by atoms with van der Waals surface area (Å²) in [6.07, 6.45) is 2.07. The van der Waals surface area contributed by atoms with E-state index in [4.69, 9.17) is 0 Å². The van der Waals surface area contributed by atoms with Gasteiger partial charge in [-0.2, -0.15) is 0 Å². The average molecular weight is 235 g/mol. The smallest absolute Gasteiger partial charge is 0.128 e. The molecule has 0 amide bonds. The fraction of sp³-hybridized carbons (Fsp3) is 0.714. The van der Waals surface area contributed by atoms with Gasteiger partial charge in [-0.25, -0.2) is 9.97 Å². The molecule has 0 bridgehead atoms. The zero-order chi connectivity index (χ0) is 12.8. The maximum Gasteiger partial charge on any atom is 0.128 e. The molecule has 3 nitrogen and oxygen atoms in total. The normalized spacial score (nSPS) is 11.2. The van der Waals surface area contributed by atoms with E-state index in [1.807, 2.05) is 0 Å². The number of hydrogen-bond donors (Lipinski definition) is 1. The Morgan fingerprint density at radius 1 is 1.12 bits per heavy atom. The van der Waals surface area contributed by atoms with E-state index in [1.165, 1.54) is 5.56 Å². The van der Waals surface area contributed by atoms with Crippen molar-refractivity contribution in [2.24, 2.45) is 5.92 Å². The van der Waals surface area contributed by atoms with Crippen LogP contribution in [0.4, 0.5) is 0 Å². The Labute approximate surface area is 105 Å². The lowest BCUT2D eigenvalue weighted by Gasteiger charge is -2.12. The number of aryl methyl sites for hydroxylation is 3. The Morgan fingerprint density at radius 2 is 1.71 bits per heavy atom. The van der Waals surface area contributed by atoms with Gasteiger partial charge in [-0.15, -0.1) is 0 Å². The lowest BCUT2D eigenvalue weighted by atomic mass is 10.1. The summed E-state index contributed by atoms with van der Waals surface area (Å²) >= 11 is 0. The van der Waals surface area contributed by atoms with E-state index in [0.29, 0.717) is 5.92 Å². The predicted molar refractivity (Wildman–Crippen MR) is 72.0 cm³/mol. The first-order valence-electron chi connectivity index (χ1n) is 6.58. The Balaban J connectivity index is 2.72. The zero-order valence-corrected chi connectivity index (χ0v) is 11.8. The highest BCUT2D eigenvalue weighted by Crippen LogP contribution is 2.11. The third kappa shape index (κ3) is 4.43. The fourth-order valence-electron chi connectivity index (χ4n) is 1.89. The van der Waals surface area contributed by atoms with E-state index < -0.39 is 0 Å². The van der Waals surface area contributed by atoms with E-state index in [-0.39, 0.29) is 0 Å². The molecule has 0 aliphatic rings. The summed E-state index contributed by atoms with van der Waals surface area (Å²) in [7, 11) is 0. The van der Waals surface area contributed by atoms with Crippen molar-refractivity contribution in [3.63, 3.8) is 0 Å². The second-order valence-corrected chi connectivity index (χ2v) is 5.06. The van der Waals surface area contributed by atoms with E-state index in [2.05, 4.69) is 49.9 Å². The first-order valence-corrected chi connectivity index (χ1v) is 6.58. The van der Waals surface area contributed by atoms with Crippen LogP contribution < -0.4 is 5.32 Å². The SMILES string of the molecule is CCCc1nc(C)c(CNCC(C)C)c(C)n1. The minimum Gasteiger partial charge on any atom is -0.312 e. The lowest BCUT2D eigenvalue weighted by Crippen LogP contribution is -2.21. The monoisotopic (exact) mass is 235 g/mol. The molecular weight excluding hydrogens is 210 g/mol. The lowest BCUT2D eigenvalue weighted by molar-refractivity contribution is 0.548. The molecule has 0 aromatic carbocycles. The summed E-state index contributed by atoms with van der Waals surface area (Å²) in [6.45, 7) is 12.7. The minimum atomic E-state index is 0.677.